The van der Waals surface area contributed by atoms with Crippen LogP contribution in [-0.2, 0) is 0 Å². The Morgan fingerprint density at radius 1 is 1.35 bits per heavy atom. The Kier molecular flexibility index (Phi) is 4.00. The molecule has 0 atom stereocenters. The first-order chi connectivity index (χ1) is 9.52. The molecular formula is C14H13ClN2O3. The number of nitrogens with one attached hydrogen (secondary N) is 1. The fourth-order valence-corrected chi connectivity index (χ4v) is 1.83. The Morgan fingerprint density at radius 2 is 2.10 bits per heavy atom. The fourth-order valence-electron chi connectivity index (χ4n) is 1.66. The van der Waals surface area contributed by atoms with E-state index in [1.165, 1.54) is 19.2 Å². The number of hydrogen-bond donors (Lipinski definition) is 3. The second kappa shape index (κ2) is 5.71. The lowest BCUT2D eigenvalue weighted by atomic mass is 10.1. The van der Waals surface area contributed by atoms with Gasteiger partial charge in [0.15, 0.2) is 5.75 Å². The molecule has 0 radical (unpaired) electrons. The van der Waals surface area contributed by atoms with E-state index in [0.29, 0.717) is 16.5 Å². The van der Waals surface area contributed by atoms with E-state index in [1.54, 1.807) is 24.3 Å². The maximum absolute atomic E-state index is 12.1. The molecule has 4 N–H and O–H groups in total. The summed E-state index contributed by atoms with van der Waals surface area (Å²) < 4.78 is 5.06. The van der Waals surface area contributed by atoms with Crippen LogP contribution in [0.25, 0.3) is 0 Å². The fraction of sp³-hybridized carbons (Fsp3) is 0.0714. The molecule has 6 heteroatoms. The van der Waals surface area contributed by atoms with Crippen LogP contribution >= 0.6 is 11.6 Å². The Bertz CT molecular complexity index is 659. The van der Waals surface area contributed by atoms with Crippen LogP contribution in [0.4, 0.5) is 11.4 Å². The van der Waals surface area contributed by atoms with Crippen LogP contribution in [0.5, 0.6) is 11.5 Å². The van der Waals surface area contributed by atoms with E-state index in [2.05, 4.69) is 5.32 Å². The second-order valence-electron chi connectivity index (χ2n) is 4.04. The van der Waals surface area contributed by atoms with Gasteiger partial charge in [-0.3, -0.25) is 4.79 Å². The smallest absolute Gasteiger partial charge is 0.259 e. The number of ether oxygens (including phenoxy) is 1. The summed E-state index contributed by atoms with van der Waals surface area (Å²) in [5, 5.41) is 12.7. The van der Waals surface area contributed by atoms with Crippen LogP contribution in [0, 0.1) is 0 Å². The number of halogens is 1. The number of phenols is 1. The summed E-state index contributed by atoms with van der Waals surface area (Å²) in [5.41, 5.74) is 6.14. The van der Waals surface area contributed by atoms with E-state index in [-0.39, 0.29) is 17.0 Å². The lowest BCUT2D eigenvalue weighted by Gasteiger charge is -2.10. The summed E-state index contributed by atoms with van der Waals surface area (Å²) in [4.78, 5) is 12.1. The summed E-state index contributed by atoms with van der Waals surface area (Å²) in [6.45, 7) is 0. The molecule has 0 aliphatic carbocycles. The number of carbonyl (C=O) groups is 1. The molecule has 104 valence electrons. The van der Waals surface area contributed by atoms with Crippen LogP contribution in [0.15, 0.2) is 36.4 Å². The van der Waals surface area contributed by atoms with Crippen LogP contribution in [0.2, 0.25) is 5.02 Å². The van der Waals surface area contributed by atoms with Crippen molar-refractivity contribution in [1.29, 1.82) is 0 Å². The van der Waals surface area contributed by atoms with E-state index in [1.807, 2.05) is 0 Å². The first-order valence-corrected chi connectivity index (χ1v) is 6.13. The number of hydrogen-bond acceptors (Lipinski definition) is 4. The van der Waals surface area contributed by atoms with Crippen molar-refractivity contribution in [2.45, 2.75) is 0 Å². The third-order valence-corrected chi connectivity index (χ3v) is 3.06. The number of phenolic OH excluding ortho intramolecular Hbond substituents is 1. The van der Waals surface area contributed by atoms with Crippen LogP contribution in [0.1, 0.15) is 10.4 Å². The number of anilines is 2. The zero-order valence-electron chi connectivity index (χ0n) is 10.7. The molecule has 1 amide bonds. The van der Waals surface area contributed by atoms with Gasteiger partial charge in [-0.05, 0) is 24.3 Å². The molecule has 2 aromatic carbocycles. The number of methoxy groups -OCH3 is 1. The standard InChI is InChI=1S/C14H13ClN2O3/c1-20-8-5-6-10(15)12(7-8)17-14(19)9-3-2-4-11(16)13(9)18/h2-7,18H,16H2,1H3,(H,17,19). The Morgan fingerprint density at radius 3 is 2.80 bits per heavy atom. The zero-order valence-corrected chi connectivity index (χ0v) is 11.4. The van der Waals surface area contributed by atoms with Gasteiger partial charge in [-0.15, -0.1) is 0 Å². The minimum absolute atomic E-state index is 0.0730. The lowest BCUT2D eigenvalue weighted by Crippen LogP contribution is -2.13. The highest BCUT2D eigenvalue weighted by Crippen LogP contribution is 2.29. The number of aromatic hydroxyl groups is 1. The van der Waals surface area contributed by atoms with Crippen molar-refractivity contribution in [2.75, 3.05) is 18.2 Å². The summed E-state index contributed by atoms with van der Waals surface area (Å²) in [6.07, 6.45) is 0. The molecular weight excluding hydrogens is 280 g/mol. The maximum Gasteiger partial charge on any atom is 0.259 e. The van der Waals surface area contributed by atoms with Gasteiger partial charge in [-0.1, -0.05) is 17.7 Å². The average Bonchev–Trinajstić information content (AvgIpc) is 2.44. The number of rotatable bonds is 3. The van der Waals surface area contributed by atoms with Gasteiger partial charge in [0, 0.05) is 6.07 Å². The number of carbonyl (C=O) groups excluding carboxylic acids is 1. The first kappa shape index (κ1) is 14.0. The van der Waals surface area contributed by atoms with Gasteiger partial charge in [-0.2, -0.15) is 0 Å². The predicted molar refractivity (Wildman–Crippen MR) is 78.5 cm³/mol. The third kappa shape index (κ3) is 2.78. The quantitative estimate of drug-likeness (QED) is 0.600. The monoisotopic (exact) mass is 292 g/mol. The molecule has 2 rings (SSSR count). The molecule has 2 aromatic rings. The van der Waals surface area contributed by atoms with Crippen molar-refractivity contribution >= 4 is 28.9 Å². The Hall–Kier alpha value is -2.40. The van der Waals surface area contributed by atoms with Crippen molar-refractivity contribution < 1.29 is 14.6 Å². The predicted octanol–water partition coefficient (Wildman–Crippen LogP) is 2.89. The maximum atomic E-state index is 12.1. The highest BCUT2D eigenvalue weighted by atomic mass is 35.5. The van der Waals surface area contributed by atoms with Crippen molar-refractivity contribution in [1.82, 2.24) is 0 Å². The minimum atomic E-state index is -0.509. The molecule has 0 aliphatic heterocycles. The summed E-state index contributed by atoms with van der Waals surface area (Å²) in [7, 11) is 1.51. The largest absolute Gasteiger partial charge is 0.505 e. The highest BCUT2D eigenvalue weighted by Gasteiger charge is 2.14. The van der Waals surface area contributed by atoms with Gasteiger partial charge < -0.3 is 20.9 Å². The molecule has 0 heterocycles. The van der Waals surface area contributed by atoms with Crippen LogP contribution in [0.3, 0.4) is 0 Å². The minimum Gasteiger partial charge on any atom is -0.505 e. The average molecular weight is 293 g/mol. The van der Waals surface area contributed by atoms with Crippen molar-refractivity contribution in [3.05, 3.63) is 47.0 Å². The topological polar surface area (TPSA) is 84.6 Å². The molecule has 0 saturated carbocycles. The molecule has 0 fully saturated rings. The van der Waals surface area contributed by atoms with E-state index in [0.717, 1.165) is 0 Å². The number of nitrogens with two attached hydrogens (primary N) is 1. The van der Waals surface area contributed by atoms with Crippen LogP contribution in [-0.4, -0.2) is 18.1 Å². The zero-order chi connectivity index (χ0) is 14.7. The molecule has 0 unspecified atom stereocenters. The molecule has 20 heavy (non-hydrogen) atoms. The van der Waals surface area contributed by atoms with Crippen molar-refractivity contribution in [3.8, 4) is 11.5 Å². The number of para-hydroxylation sites is 1. The van der Waals surface area contributed by atoms with E-state index < -0.39 is 5.91 Å². The Balaban J connectivity index is 2.30. The summed E-state index contributed by atoms with van der Waals surface area (Å²) in [5.74, 6) is -0.213. The first-order valence-electron chi connectivity index (χ1n) is 5.75. The van der Waals surface area contributed by atoms with E-state index >= 15 is 0 Å². The third-order valence-electron chi connectivity index (χ3n) is 2.73. The van der Waals surface area contributed by atoms with Crippen molar-refractivity contribution in [2.24, 2.45) is 0 Å². The number of nitrogen functional groups attached to an aromatic ring is 1. The molecule has 5 nitrogen and oxygen atoms in total. The molecule has 0 spiro atoms. The van der Waals surface area contributed by atoms with Crippen molar-refractivity contribution in [3.63, 3.8) is 0 Å². The molecule has 0 saturated heterocycles. The summed E-state index contributed by atoms with van der Waals surface area (Å²) in [6, 6.07) is 9.42. The SMILES string of the molecule is COc1ccc(Cl)c(NC(=O)c2cccc(N)c2O)c1. The molecule has 0 aliphatic rings. The van der Waals surface area contributed by atoms with Gasteiger partial charge in [0.25, 0.3) is 5.91 Å². The van der Waals surface area contributed by atoms with Gasteiger partial charge >= 0.3 is 0 Å². The van der Waals surface area contributed by atoms with Gasteiger partial charge in [0.2, 0.25) is 0 Å². The normalized spacial score (nSPS) is 10.1. The number of benzene rings is 2. The Labute approximate surface area is 120 Å². The van der Waals surface area contributed by atoms with E-state index in [9.17, 15) is 9.90 Å². The van der Waals surface area contributed by atoms with Gasteiger partial charge in [-0.25, -0.2) is 0 Å². The van der Waals surface area contributed by atoms with Gasteiger partial charge in [0.1, 0.15) is 5.75 Å². The number of amides is 1. The highest BCUT2D eigenvalue weighted by molar-refractivity contribution is 6.34. The molecule has 0 bridgehead atoms. The van der Waals surface area contributed by atoms with Gasteiger partial charge in [0.05, 0.1) is 29.1 Å². The lowest BCUT2D eigenvalue weighted by molar-refractivity contribution is 0.102. The van der Waals surface area contributed by atoms with Crippen LogP contribution < -0.4 is 15.8 Å². The second-order valence-corrected chi connectivity index (χ2v) is 4.45. The summed E-state index contributed by atoms with van der Waals surface area (Å²) >= 11 is 6.00. The molecule has 0 aromatic heterocycles. The van der Waals surface area contributed by atoms with E-state index in [4.69, 9.17) is 22.1 Å².